The van der Waals surface area contributed by atoms with Crippen LogP contribution in [0, 0.1) is 0 Å². The van der Waals surface area contributed by atoms with Crippen molar-refractivity contribution in [2.24, 2.45) is 5.10 Å². The Balaban J connectivity index is 1.76. The lowest BCUT2D eigenvalue weighted by molar-refractivity contribution is -0.130. The molecule has 0 saturated heterocycles. The number of benzene rings is 1. The Bertz CT molecular complexity index is 1020. The number of fused-ring (bicyclic) bond motifs is 1. The average Bonchev–Trinajstić information content (AvgIpc) is 3.30. The fourth-order valence-corrected chi connectivity index (χ4v) is 4.08. The number of hydrogen-bond acceptors (Lipinski definition) is 5. The Labute approximate surface area is 159 Å². The second-order valence-corrected chi connectivity index (χ2v) is 7.21. The molecule has 1 aromatic carbocycles. The molecule has 1 amide bonds. The smallest absolute Gasteiger partial charge is 0.240 e. The van der Waals surface area contributed by atoms with Gasteiger partial charge in [0.25, 0.3) is 0 Å². The number of aromatic nitrogens is 1. The maximum absolute atomic E-state index is 12.1. The Morgan fingerprint density at radius 2 is 2.19 bits per heavy atom. The first kappa shape index (κ1) is 17.0. The van der Waals surface area contributed by atoms with E-state index in [1.807, 2.05) is 41.1 Å². The molecule has 0 radical (unpaired) electrons. The van der Waals surface area contributed by atoms with E-state index in [1.165, 1.54) is 11.9 Å². The summed E-state index contributed by atoms with van der Waals surface area (Å²) in [5.74, 6) is 0.606. The first-order valence-electron chi connectivity index (χ1n) is 8.11. The second-order valence-electron chi connectivity index (χ2n) is 6.07. The van der Waals surface area contributed by atoms with E-state index >= 15 is 0 Å². The number of methoxy groups -OCH3 is 1. The van der Waals surface area contributed by atoms with Crippen molar-refractivity contribution in [2.75, 3.05) is 7.11 Å². The van der Waals surface area contributed by atoms with Crippen molar-refractivity contribution < 1.29 is 9.53 Å². The summed E-state index contributed by atoms with van der Waals surface area (Å²) >= 11 is 8.09. The van der Waals surface area contributed by atoms with E-state index in [1.54, 1.807) is 18.4 Å². The minimum atomic E-state index is -0.256. The number of thiophene rings is 1. The third-order valence-corrected chi connectivity index (χ3v) is 5.44. The average molecular weight is 386 g/mol. The summed E-state index contributed by atoms with van der Waals surface area (Å²) in [6.45, 7) is 1.51. The molecule has 7 heteroatoms. The van der Waals surface area contributed by atoms with Gasteiger partial charge in [0.2, 0.25) is 5.91 Å². The zero-order chi connectivity index (χ0) is 18.3. The predicted molar refractivity (Wildman–Crippen MR) is 104 cm³/mol. The van der Waals surface area contributed by atoms with E-state index in [-0.39, 0.29) is 11.9 Å². The third-order valence-electron chi connectivity index (χ3n) is 4.45. The Morgan fingerprint density at radius 1 is 1.35 bits per heavy atom. The van der Waals surface area contributed by atoms with Gasteiger partial charge in [0, 0.05) is 35.9 Å². The molecule has 4 rings (SSSR count). The maximum atomic E-state index is 12.1. The summed E-state index contributed by atoms with van der Waals surface area (Å²) in [6, 6.07) is 9.40. The standard InChI is InChI=1S/C19H16ClN3O2S/c1-11(24)23-18(9-17(22-23)13-5-6-26-10-13)15-7-12-3-4-14(25-2)8-16(12)21-19(15)20/h3-8,10,18H,9H2,1-2H3/t18-/m0/s1. The molecule has 5 nitrogen and oxygen atoms in total. The van der Waals surface area contributed by atoms with Crippen molar-refractivity contribution in [3.63, 3.8) is 0 Å². The minimum absolute atomic E-state index is 0.119. The van der Waals surface area contributed by atoms with Gasteiger partial charge in [0.15, 0.2) is 0 Å². The molecule has 1 aliphatic heterocycles. The molecule has 0 saturated carbocycles. The van der Waals surface area contributed by atoms with Gasteiger partial charge in [0.1, 0.15) is 10.9 Å². The number of nitrogens with zero attached hydrogens (tertiary/aromatic N) is 3. The summed E-state index contributed by atoms with van der Waals surface area (Å²) in [5.41, 5.74) is 3.48. The summed E-state index contributed by atoms with van der Waals surface area (Å²) in [4.78, 5) is 16.7. The molecule has 2 aromatic heterocycles. The number of carbonyl (C=O) groups is 1. The predicted octanol–water partition coefficient (Wildman–Crippen LogP) is 4.66. The molecule has 3 aromatic rings. The maximum Gasteiger partial charge on any atom is 0.240 e. The van der Waals surface area contributed by atoms with Crippen LogP contribution in [0.2, 0.25) is 5.15 Å². The van der Waals surface area contributed by atoms with Crippen LogP contribution in [-0.4, -0.2) is 28.7 Å². The number of halogens is 1. The number of ether oxygens (including phenoxy) is 1. The van der Waals surface area contributed by atoms with Crippen molar-refractivity contribution in [1.29, 1.82) is 0 Å². The highest BCUT2D eigenvalue weighted by Gasteiger charge is 2.33. The van der Waals surface area contributed by atoms with E-state index in [0.717, 1.165) is 33.5 Å². The Kier molecular flexibility index (Phi) is 4.38. The molecule has 0 spiro atoms. The number of rotatable bonds is 3. The largest absolute Gasteiger partial charge is 0.497 e. The van der Waals surface area contributed by atoms with Gasteiger partial charge in [-0.05, 0) is 35.0 Å². The van der Waals surface area contributed by atoms with Gasteiger partial charge < -0.3 is 4.74 Å². The van der Waals surface area contributed by atoms with Gasteiger partial charge in [-0.25, -0.2) is 9.99 Å². The fraction of sp³-hybridized carbons (Fsp3) is 0.211. The van der Waals surface area contributed by atoms with Crippen LogP contribution in [-0.2, 0) is 4.79 Å². The zero-order valence-corrected chi connectivity index (χ0v) is 15.8. The van der Waals surface area contributed by atoms with Gasteiger partial charge in [0.05, 0.1) is 24.4 Å². The van der Waals surface area contributed by atoms with Crippen molar-refractivity contribution in [1.82, 2.24) is 9.99 Å². The van der Waals surface area contributed by atoms with E-state index in [4.69, 9.17) is 16.3 Å². The monoisotopic (exact) mass is 385 g/mol. The molecule has 132 valence electrons. The van der Waals surface area contributed by atoms with Crippen LogP contribution in [0.4, 0.5) is 0 Å². The SMILES string of the molecule is COc1ccc2cc([C@@H]3CC(c4ccsc4)=NN3C(C)=O)c(Cl)nc2c1. The number of carbonyl (C=O) groups excluding carboxylic acids is 1. The molecule has 0 bridgehead atoms. The second kappa shape index (κ2) is 6.70. The molecule has 3 heterocycles. The van der Waals surface area contributed by atoms with Gasteiger partial charge in [-0.1, -0.05) is 11.6 Å². The highest BCUT2D eigenvalue weighted by molar-refractivity contribution is 7.08. The van der Waals surface area contributed by atoms with Gasteiger partial charge in [-0.2, -0.15) is 16.4 Å². The lowest BCUT2D eigenvalue weighted by Gasteiger charge is -2.21. The van der Waals surface area contributed by atoms with Gasteiger partial charge in [-0.3, -0.25) is 4.79 Å². The van der Waals surface area contributed by atoms with Crippen molar-refractivity contribution in [2.45, 2.75) is 19.4 Å². The molecular formula is C19H16ClN3O2S. The zero-order valence-electron chi connectivity index (χ0n) is 14.3. The highest BCUT2D eigenvalue weighted by Crippen LogP contribution is 2.37. The van der Waals surface area contributed by atoms with Crippen LogP contribution in [0.25, 0.3) is 10.9 Å². The van der Waals surface area contributed by atoms with E-state index in [9.17, 15) is 4.79 Å². The highest BCUT2D eigenvalue weighted by atomic mass is 35.5. The molecule has 1 atom stereocenters. The lowest BCUT2D eigenvalue weighted by atomic mass is 9.99. The summed E-state index contributed by atoms with van der Waals surface area (Å²) < 4.78 is 5.24. The van der Waals surface area contributed by atoms with E-state index in [0.29, 0.717) is 11.6 Å². The van der Waals surface area contributed by atoms with Crippen LogP contribution in [0.5, 0.6) is 5.75 Å². The van der Waals surface area contributed by atoms with Crippen molar-refractivity contribution >= 4 is 45.5 Å². The lowest BCUT2D eigenvalue weighted by Crippen LogP contribution is -2.24. The summed E-state index contributed by atoms with van der Waals surface area (Å²) in [6.07, 6.45) is 0.610. The molecular weight excluding hydrogens is 370 g/mol. The number of hydrogen-bond donors (Lipinski definition) is 0. The summed E-state index contributed by atoms with van der Waals surface area (Å²) in [7, 11) is 1.61. The fourth-order valence-electron chi connectivity index (χ4n) is 3.15. The van der Waals surface area contributed by atoms with Crippen LogP contribution in [0.1, 0.15) is 30.5 Å². The first-order valence-corrected chi connectivity index (χ1v) is 9.43. The molecule has 0 unspecified atom stereocenters. The Hall–Kier alpha value is -2.44. The third kappa shape index (κ3) is 2.95. The molecule has 1 aliphatic rings. The Morgan fingerprint density at radius 3 is 2.88 bits per heavy atom. The number of pyridine rings is 1. The topological polar surface area (TPSA) is 54.8 Å². The van der Waals surface area contributed by atoms with Crippen LogP contribution >= 0.6 is 22.9 Å². The molecule has 0 aliphatic carbocycles. The molecule has 0 N–H and O–H groups in total. The van der Waals surface area contributed by atoms with E-state index in [2.05, 4.69) is 10.1 Å². The van der Waals surface area contributed by atoms with E-state index < -0.39 is 0 Å². The summed E-state index contributed by atoms with van der Waals surface area (Å²) in [5, 5.41) is 11.4. The minimum Gasteiger partial charge on any atom is -0.497 e. The normalized spacial score (nSPS) is 16.8. The van der Waals surface area contributed by atoms with Crippen molar-refractivity contribution in [3.8, 4) is 5.75 Å². The number of amides is 1. The molecule has 26 heavy (non-hydrogen) atoms. The quantitative estimate of drug-likeness (QED) is 0.616. The molecule has 0 fully saturated rings. The van der Waals surface area contributed by atoms with Crippen LogP contribution < -0.4 is 4.74 Å². The van der Waals surface area contributed by atoms with Gasteiger partial charge in [-0.15, -0.1) is 0 Å². The van der Waals surface area contributed by atoms with Crippen LogP contribution in [0.15, 0.2) is 46.2 Å². The van der Waals surface area contributed by atoms with Gasteiger partial charge >= 0.3 is 0 Å². The number of hydrazone groups is 1. The van der Waals surface area contributed by atoms with Crippen molar-refractivity contribution in [3.05, 3.63) is 57.4 Å². The first-order chi connectivity index (χ1) is 12.6. The van der Waals surface area contributed by atoms with Crippen LogP contribution in [0.3, 0.4) is 0 Å².